The average Bonchev–Trinajstić information content (AvgIpc) is 2.02. The third-order valence-corrected chi connectivity index (χ3v) is 2.09. The van der Waals surface area contributed by atoms with E-state index in [9.17, 15) is 0 Å². The van der Waals surface area contributed by atoms with Crippen LogP contribution in [0.3, 0.4) is 0 Å². The van der Waals surface area contributed by atoms with Gasteiger partial charge in [0.2, 0.25) is 0 Å². The van der Waals surface area contributed by atoms with E-state index < -0.39 is 0 Å². The molecule has 0 heterocycles. The zero-order valence-electron chi connectivity index (χ0n) is 9.91. The predicted molar refractivity (Wildman–Crippen MR) is 61.0 cm³/mol. The maximum atomic E-state index is 3.47. The standard InChI is InChI=1S/C12H25N/c1-6-9-13-10-12(4,5)8-7-11(2)3/h7,13H,6,8-10H2,1-5H3. The molecule has 1 heteroatoms. The fourth-order valence-electron chi connectivity index (χ4n) is 1.16. The van der Waals surface area contributed by atoms with Gasteiger partial charge in [-0.15, -0.1) is 0 Å². The highest BCUT2D eigenvalue weighted by molar-refractivity contribution is 4.96. The fourth-order valence-corrected chi connectivity index (χ4v) is 1.16. The quantitative estimate of drug-likeness (QED) is 0.492. The van der Waals surface area contributed by atoms with E-state index in [0.29, 0.717) is 5.41 Å². The largest absolute Gasteiger partial charge is 0.316 e. The highest BCUT2D eigenvalue weighted by atomic mass is 14.9. The summed E-state index contributed by atoms with van der Waals surface area (Å²) in [4.78, 5) is 0. The van der Waals surface area contributed by atoms with Crippen LogP contribution in [0.15, 0.2) is 11.6 Å². The van der Waals surface area contributed by atoms with Gasteiger partial charge in [-0.1, -0.05) is 32.4 Å². The lowest BCUT2D eigenvalue weighted by Gasteiger charge is -2.23. The lowest BCUT2D eigenvalue weighted by atomic mass is 9.88. The molecule has 0 aliphatic rings. The number of allylic oxidation sites excluding steroid dienone is 2. The predicted octanol–water partition coefficient (Wildman–Crippen LogP) is 3.37. The molecule has 13 heavy (non-hydrogen) atoms. The van der Waals surface area contributed by atoms with Crippen molar-refractivity contribution in [2.24, 2.45) is 5.41 Å². The van der Waals surface area contributed by atoms with Crippen LogP contribution >= 0.6 is 0 Å². The summed E-state index contributed by atoms with van der Waals surface area (Å²) in [6.45, 7) is 13.4. The monoisotopic (exact) mass is 183 g/mol. The summed E-state index contributed by atoms with van der Waals surface area (Å²) in [5, 5.41) is 3.47. The second-order valence-electron chi connectivity index (χ2n) is 4.83. The molecule has 1 N–H and O–H groups in total. The first kappa shape index (κ1) is 12.7. The van der Waals surface area contributed by atoms with Crippen molar-refractivity contribution in [2.75, 3.05) is 13.1 Å². The minimum atomic E-state index is 0.395. The van der Waals surface area contributed by atoms with Crippen molar-refractivity contribution in [2.45, 2.75) is 47.5 Å². The van der Waals surface area contributed by atoms with Crippen LogP contribution in [-0.4, -0.2) is 13.1 Å². The van der Waals surface area contributed by atoms with E-state index in [-0.39, 0.29) is 0 Å². The van der Waals surface area contributed by atoms with E-state index in [2.05, 4.69) is 46.0 Å². The molecule has 0 amide bonds. The third-order valence-electron chi connectivity index (χ3n) is 2.09. The first-order chi connectivity index (χ1) is 5.98. The smallest absolute Gasteiger partial charge is 0.000548 e. The number of nitrogens with one attached hydrogen (secondary N) is 1. The molecule has 0 rings (SSSR count). The number of rotatable bonds is 6. The van der Waals surface area contributed by atoms with Crippen molar-refractivity contribution in [1.29, 1.82) is 0 Å². The van der Waals surface area contributed by atoms with E-state index in [0.717, 1.165) is 13.1 Å². The lowest BCUT2D eigenvalue weighted by molar-refractivity contribution is 0.345. The topological polar surface area (TPSA) is 12.0 Å². The van der Waals surface area contributed by atoms with E-state index in [1.54, 1.807) is 0 Å². The molecule has 0 spiro atoms. The lowest BCUT2D eigenvalue weighted by Crippen LogP contribution is -2.29. The van der Waals surface area contributed by atoms with Gasteiger partial charge >= 0.3 is 0 Å². The molecular formula is C12H25N. The van der Waals surface area contributed by atoms with Gasteiger partial charge in [0, 0.05) is 6.54 Å². The average molecular weight is 183 g/mol. The van der Waals surface area contributed by atoms with Crippen LogP contribution < -0.4 is 5.32 Å². The van der Waals surface area contributed by atoms with Crippen molar-refractivity contribution < 1.29 is 0 Å². The summed E-state index contributed by atoms with van der Waals surface area (Å²) in [5.41, 5.74) is 1.82. The summed E-state index contributed by atoms with van der Waals surface area (Å²) >= 11 is 0. The van der Waals surface area contributed by atoms with E-state index in [1.165, 1.54) is 18.4 Å². The number of hydrogen-bond donors (Lipinski definition) is 1. The molecule has 0 aliphatic carbocycles. The zero-order valence-corrected chi connectivity index (χ0v) is 9.91. The molecule has 0 atom stereocenters. The van der Waals surface area contributed by atoms with Gasteiger partial charge in [0.25, 0.3) is 0 Å². The Hall–Kier alpha value is -0.300. The Morgan fingerprint density at radius 3 is 2.38 bits per heavy atom. The fraction of sp³-hybridized carbons (Fsp3) is 0.833. The van der Waals surface area contributed by atoms with Gasteiger partial charge in [0.15, 0.2) is 0 Å². The van der Waals surface area contributed by atoms with Gasteiger partial charge in [0.05, 0.1) is 0 Å². The molecule has 78 valence electrons. The molecule has 0 aliphatic heterocycles. The van der Waals surface area contributed by atoms with Crippen LogP contribution in [0.25, 0.3) is 0 Å². The zero-order chi connectivity index (χ0) is 10.3. The van der Waals surface area contributed by atoms with Crippen molar-refractivity contribution in [3.63, 3.8) is 0 Å². The molecule has 0 aromatic rings. The van der Waals surface area contributed by atoms with Crippen molar-refractivity contribution in [3.8, 4) is 0 Å². The van der Waals surface area contributed by atoms with E-state index in [4.69, 9.17) is 0 Å². The van der Waals surface area contributed by atoms with Crippen LogP contribution in [0.1, 0.15) is 47.5 Å². The maximum absolute atomic E-state index is 3.47. The van der Waals surface area contributed by atoms with Crippen LogP contribution in [0, 0.1) is 5.41 Å². The normalized spacial score (nSPS) is 11.5. The first-order valence-corrected chi connectivity index (χ1v) is 5.32. The van der Waals surface area contributed by atoms with Crippen LogP contribution in [0.2, 0.25) is 0 Å². The molecule has 0 bridgehead atoms. The molecular weight excluding hydrogens is 158 g/mol. The SMILES string of the molecule is CCCNCC(C)(C)CC=C(C)C. The summed E-state index contributed by atoms with van der Waals surface area (Å²) in [5.74, 6) is 0. The van der Waals surface area contributed by atoms with Crippen LogP contribution in [-0.2, 0) is 0 Å². The highest BCUT2D eigenvalue weighted by Gasteiger charge is 2.14. The number of hydrogen-bond acceptors (Lipinski definition) is 1. The summed E-state index contributed by atoms with van der Waals surface area (Å²) in [6.07, 6.45) is 4.72. The first-order valence-electron chi connectivity index (χ1n) is 5.32. The Bertz CT molecular complexity index is 153. The highest BCUT2D eigenvalue weighted by Crippen LogP contribution is 2.20. The molecule has 0 unspecified atom stereocenters. The van der Waals surface area contributed by atoms with E-state index in [1.807, 2.05) is 0 Å². The Kier molecular flexibility index (Phi) is 6.06. The molecule has 0 aromatic carbocycles. The summed E-state index contributed by atoms with van der Waals surface area (Å²) in [6, 6.07) is 0. The van der Waals surface area contributed by atoms with Gasteiger partial charge in [-0.05, 0) is 38.6 Å². The second-order valence-corrected chi connectivity index (χ2v) is 4.83. The van der Waals surface area contributed by atoms with E-state index >= 15 is 0 Å². The Morgan fingerprint density at radius 1 is 1.31 bits per heavy atom. The Balaban J connectivity index is 3.73. The molecule has 0 aromatic heterocycles. The van der Waals surface area contributed by atoms with Crippen LogP contribution in [0.4, 0.5) is 0 Å². The minimum absolute atomic E-state index is 0.395. The van der Waals surface area contributed by atoms with Crippen molar-refractivity contribution in [3.05, 3.63) is 11.6 Å². The molecule has 1 nitrogen and oxygen atoms in total. The van der Waals surface area contributed by atoms with Gasteiger partial charge in [-0.3, -0.25) is 0 Å². The van der Waals surface area contributed by atoms with Crippen molar-refractivity contribution >= 4 is 0 Å². The molecule has 0 saturated carbocycles. The third kappa shape index (κ3) is 8.04. The molecule has 0 radical (unpaired) electrons. The molecule has 0 saturated heterocycles. The van der Waals surface area contributed by atoms with Gasteiger partial charge < -0.3 is 5.32 Å². The minimum Gasteiger partial charge on any atom is -0.316 e. The Labute approximate surface area is 83.6 Å². The van der Waals surface area contributed by atoms with Crippen LogP contribution in [0.5, 0.6) is 0 Å². The second kappa shape index (κ2) is 6.20. The Morgan fingerprint density at radius 2 is 1.92 bits per heavy atom. The summed E-state index contributed by atoms with van der Waals surface area (Å²) in [7, 11) is 0. The van der Waals surface area contributed by atoms with Crippen molar-refractivity contribution in [1.82, 2.24) is 5.32 Å². The van der Waals surface area contributed by atoms with Gasteiger partial charge in [-0.25, -0.2) is 0 Å². The van der Waals surface area contributed by atoms with Gasteiger partial charge in [0.1, 0.15) is 0 Å². The van der Waals surface area contributed by atoms with Gasteiger partial charge in [-0.2, -0.15) is 0 Å². The summed E-state index contributed by atoms with van der Waals surface area (Å²) < 4.78 is 0. The maximum Gasteiger partial charge on any atom is 0.000548 e. The molecule has 0 fully saturated rings.